The maximum atomic E-state index is 12.6. The molecule has 6 nitrogen and oxygen atoms in total. The van der Waals surface area contributed by atoms with Gasteiger partial charge in [0.25, 0.3) is 0 Å². The van der Waals surface area contributed by atoms with Gasteiger partial charge in [0.2, 0.25) is 5.91 Å². The minimum Gasteiger partial charge on any atom is -0.490 e. The first-order chi connectivity index (χ1) is 11.9. The normalized spacial score (nSPS) is 11.9. The molecule has 0 N–H and O–H groups in total. The van der Waals surface area contributed by atoms with Gasteiger partial charge in [-0.3, -0.25) is 9.48 Å². The first-order valence-corrected chi connectivity index (χ1v) is 8.56. The summed E-state index contributed by atoms with van der Waals surface area (Å²) >= 11 is 0. The molecular formula is C19H27N3O3. The van der Waals surface area contributed by atoms with Crippen molar-refractivity contribution in [1.29, 1.82) is 0 Å². The number of aryl methyl sites for hydroxylation is 2. The summed E-state index contributed by atoms with van der Waals surface area (Å²) in [5, 5.41) is 4.39. The molecule has 1 aromatic heterocycles. The Hall–Kier alpha value is -2.50. The Morgan fingerprint density at radius 3 is 2.44 bits per heavy atom. The highest BCUT2D eigenvalue weighted by Gasteiger charge is 2.21. The Kier molecular flexibility index (Phi) is 6.44. The molecular weight excluding hydrogens is 318 g/mol. The molecule has 0 aliphatic heterocycles. The van der Waals surface area contributed by atoms with Crippen molar-refractivity contribution >= 4 is 5.91 Å². The number of benzene rings is 1. The van der Waals surface area contributed by atoms with E-state index in [0.717, 1.165) is 17.1 Å². The fourth-order valence-corrected chi connectivity index (χ4v) is 2.71. The van der Waals surface area contributed by atoms with Crippen molar-refractivity contribution in [3.05, 3.63) is 41.7 Å². The fraction of sp³-hybridized carbons (Fsp3) is 0.474. The number of ether oxygens (including phenoxy) is 2. The van der Waals surface area contributed by atoms with Crippen molar-refractivity contribution in [2.24, 2.45) is 0 Å². The molecule has 0 fully saturated rings. The van der Waals surface area contributed by atoms with E-state index in [0.29, 0.717) is 25.5 Å². The maximum Gasteiger partial charge on any atom is 0.247 e. The highest BCUT2D eigenvalue weighted by molar-refractivity contribution is 5.79. The zero-order valence-electron chi connectivity index (χ0n) is 15.7. The fourth-order valence-electron chi connectivity index (χ4n) is 2.71. The number of amides is 1. The number of para-hydroxylation sites is 2. The van der Waals surface area contributed by atoms with Crippen LogP contribution in [0.4, 0.5) is 0 Å². The first-order valence-electron chi connectivity index (χ1n) is 8.56. The summed E-state index contributed by atoms with van der Waals surface area (Å²) in [6.07, 6.45) is 0. The van der Waals surface area contributed by atoms with E-state index < -0.39 is 0 Å². The lowest BCUT2D eigenvalue weighted by Crippen LogP contribution is -2.36. The molecule has 1 heterocycles. The average Bonchev–Trinajstić information content (AvgIpc) is 2.93. The molecule has 0 aliphatic carbocycles. The molecule has 1 amide bonds. The van der Waals surface area contributed by atoms with Crippen LogP contribution >= 0.6 is 0 Å². The summed E-state index contributed by atoms with van der Waals surface area (Å²) in [4.78, 5) is 14.3. The molecule has 0 unspecified atom stereocenters. The van der Waals surface area contributed by atoms with Gasteiger partial charge in [-0.25, -0.2) is 0 Å². The summed E-state index contributed by atoms with van der Waals surface area (Å²) in [6, 6.07) is 9.18. The number of aromatic nitrogens is 2. The molecule has 0 saturated carbocycles. The van der Waals surface area contributed by atoms with E-state index in [4.69, 9.17) is 9.47 Å². The van der Waals surface area contributed by atoms with Crippen molar-refractivity contribution in [2.45, 2.75) is 33.7 Å². The molecule has 0 saturated heterocycles. The SMILES string of the molecule is CCOc1ccccc1OCCN(C)C(=O)[C@H](C)n1nc(C)cc1C. The van der Waals surface area contributed by atoms with Gasteiger partial charge in [0, 0.05) is 12.7 Å². The van der Waals surface area contributed by atoms with Gasteiger partial charge in [-0.05, 0) is 45.9 Å². The van der Waals surface area contributed by atoms with Crippen molar-refractivity contribution in [1.82, 2.24) is 14.7 Å². The third-order valence-electron chi connectivity index (χ3n) is 3.98. The van der Waals surface area contributed by atoms with Crippen LogP contribution in [0.15, 0.2) is 30.3 Å². The molecule has 0 spiro atoms. The molecule has 0 bridgehead atoms. The van der Waals surface area contributed by atoms with Crippen molar-refractivity contribution in [3.8, 4) is 11.5 Å². The summed E-state index contributed by atoms with van der Waals surface area (Å²) < 4.78 is 13.1. The number of nitrogens with zero attached hydrogens (tertiary/aromatic N) is 3. The van der Waals surface area contributed by atoms with Crippen LogP contribution in [0.5, 0.6) is 11.5 Å². The maximum absolute atomic E-state index is 12.6. The van der Waals surface area contributed by atoms with Crippen LogP contribution < -0.4 is 9.47 Å². The minimum absolute atomic E-state index is 0.00731. The molecule has 1 atom stereocenters. The van der Waals surface area contributed by atoms with Crippen LogP contribution in [0.3, 0.4) is 0 Å². The topological polar surface area (TPSA) is 56.6 Å². The van der Waals surface area contributed by atoms with Gasteiger partial charge >= 0.3 is 0 Å². The first kappa shape index (κ1) is 18.8. The van der Waals surface area contributed by atoms with E-state index in [9.17, 15) is 4.79 Å². The molecule has 2 aromatic rings. The zero-order valence-corrected chi connectivity index (χ0v) is 15.7. The van der Waals surface area contributed by atoms with E-state index in [1.807, 2.05) is 58.0 Å². The van der Waals surface area contributed by atoms with Gasteiger partial charge in [0.1, 0.15) is 12.6 Å². The monoisotopic (exact) mass is 345 g/mol. The quantitative estimate of drug-likeness (QED) is 0.738. The number of rotatable bonds is 8. The Morgan fingerprint density at radius 2 is 1.88 bits per heavy atom. The van der Waals surface area contributed by atoms with E-state index in [-0.39, 0.29) is 11.9 Å². The van der Waals surface area contributed by atoms with Gasteiger partial charge in [0.05, 0.1) is 18.8 Å². The lowest BCUT2D eigenvalue weighted by atomic mass is 10.3. The Bertz CT molecular complexity index is 712. The third-order valence-corrected chi connectivity index (χ3v) is 3.98. The van der Waals surface area contributed by atoms with Crippen LogP contribution in [0.25, 0.3) is 0 Å². The number of likely N-dealkylation sites (N-methyl/N-ethyl adjacent to an activating group) is 1. The average molecular weight is 345 g/mol. The minimum atomic E-state index is -0.339. The molecule has 6 heteroatoms. The van der Waals surface area contributed by atoms with E-state index >= 15 is 0 Å². The van der Waals surface area contributed by atoms with Gasteiger partial charge < -0.3 is 14.4 Å². The molecule has 136 valence electrons. The largest absolute Gasteiger partial charge is 0.490 e. The van der Waals surface area contributed by atoms with Crippen molar-refractivity contribution in [2.75, 3.05) is 26.8 Å². The summed E-state index contributed by atoms with van der Waals surface area (Å²) in [5.74, 6) is 1.42. The molecule has 2 rings (SSSR count). The summed E-state index contributed by atoms with van der Waals surface area (Å²) in [5.41, 5.74) is 1.89. The number of hydrogen-bond donors (Lipinski definition) is 0. The van der Waals surface area contributed by atoms with Crippen LogP contribution in [0.1, 0.15) is 31.3 Å². The second-order valence-electron chi connectivity index (χ2n) is 6.04. The second-order valence-corrected chi connectivity index (χ2v) is 6.04. The van der Waals surface area contributed by atoms with Gasteiger partial charge in [-0.15, -0.1) is 0 Å². The van der Waals surface area contributed by atoms with Crippen molar-refractivity contribution < 1.29 is 14.3 Å². The van der Waals surface area contributed by atoms with E-state index in [1.54, 1.807) is 16.6 Å². The smallest absolute Gasteiger partial charge is 0.247 e. The predicted octanol–water partition coefficient (Wildman–Crippen LogP) is 3.00. The molecule has 0 radical (unpaired) electrons. The molecule has 1 aromatic carbocycles. The number of carbonyl (C=O) groups is 1. The van der Waals surface area contributed by atoms with Crippen LogP contribution in [0.2, 0.25) is 0 Å². The highest BCUT2D eigenvalue weighted by Crippen LogP contribution is 2.26. The molecule has 25 heavy (non-hydrogen) atoms. The highest BCUT2D eigenvalue weighted by atomic mass is 16.5. The summed E-state index contributed by atoms with van der Waals surface area (Å²) in [7, 11) is 1.78. The lowest BCUT2D eigenvalue weighted by Gasteiger charge is -2.22. The second kappa shape index (κ2) is 8.55. The van der Waals surface area contributed by atoms with Gasteiger partial charge in [-0.1, -0.05) is 12.1 Å². The third kappa shape index (κ3) is 4.75. The van der Waals surface area contributed by atoms with Gasteiger partial charge in [0.15, 0.2) is 11.5 Å². The van der Waals surface area contributed by atoms with Crippen LogP contribution in [0, 0.1) is 13.8 Å². The number of hydrogen-bond acceptors (Lipinski definition) is 4. The predicted molar refractivity (Wildman–Crippen MR) is 97.2 cm³/mol. The Morgan fingerprint density at radius 1 is 1.24 bits per heavy atom. The standard InChI is InChI=1S/C19H27N3O3/c1-6-24-17-9-7-8-10-18(17)25-12-11-21(5)19(23)16(4)22-15(3)13-14(2)20-22/h7-10,13,16H,6,11-12H2,1-5H3/t16-/m0/s1. The van der Waals surface area contributed by atoms with Crippen molar-refractivity contribution in [3.63, 3.8) is 0 Å². The van der Waals surface area contributed by atoms with Crippen LogP contribution in [-0.4, -0.2) is 47.4 Å². The lowest BCUT2D eigenvalue weighted by molar-refractivity contribution is -0.133. The van der Waals surface area contributed by atoms with Gasteiger partial charge in [-0.2, -0.15) is 5.10 Å². The Labute approximate surface area is 149 Å². The summed E-state index contributed by atoms with van der Waals surface area (Å²) in [6.45, 7) is 9.15. The van der Waals surface area contributed by atoms with E-state index in [1.165, 1.54) is 0 Å². The molecule has 0 aliphatic rings. The zero-order chi connectivity index (χ0) is 18.4. The number of carbonyl (C=O) groups excluding carboxylic acids is 1. The van der Waals surface area contributed by atoms with Crippen LogP contribution in [-0.2, 0) is 4.79 Å². The Balaban J connectivity index is 1.90. The van der Waals surface area contributed by atoms with E-state index in [2.05, 4.69) is 5.10 Å².